The van der Waals surface area contributed by atoms with E-state index < -0.39 is 0 Å². The number of ether oxygens (including phenoxy) is 1. The molecular weight excluding hydrogens is 232 g/mol. The molecule has 4 heteroatoms. The predicted molar refractivity (Wildman–Crippen MR) is 69.2 cm³/mol. The summed E-state index contributed by atoms with van der Waals surface area (Å²) >= 11 is 0. The first-order valence-electron chi connectivity index (χ1n) is 6.29. The van der Waals surface area contributed by atoms with Crippen LogP contribution in [0.1, 0.15) is 43.0 Å². The van der Waals surface area contributed by atoms with Crippen LogP contribution in [0.2, 0.25) is 0 Å². The van der Waals surface area contributed by atoms with Gasteiger partial charge in [0.25, 0.3) is 0 Å². The number of aliphatic hydroxyl groups is 1. The van der Waals surface area contributed by atoms with Crippen molar-refractivity contribution in [3.8, 4) is 11.5 Å². The first-order chi connectivity index (χ1) is 8.69. The molecule has 0 heterocycles. The van der Waals surface area contributed by atoms with Gasteiger partial charge in [0.1, 0.15) is 18.1 Å². The Labute approximate surface area is 107 Å². The zero-order chi connectivity index (χ0) is 13.4. The number of Topliss-reactive ketones (excluding diaryl/α,β-unsaturated/α-hetero) is 1. The van der Waals surface area contributed by atoms with Crippen LogP contribution in [0.5, 0.6) is 11.5 Å². The summed E-state index contributed by atoms with van der Waals surface area (Å²) in [5.74, 6) is 0.341. The molecule has 4 nitrogen and oxygen atoms in total. The lowest BCUT2D eigenvalue weighted by atomic mass is 10.0. The first-order valence-corrected chi connectivity index (χ1v) is 6.29. The van der Waals surface area contributed by atoms with E-state index in [1.54, 1.807) is 12.1 Å². The lowest BCUT2D eigenvalue weighted by molar-refractivity contribution is 0.0976. The summed E-state index contributed by atoms with van der Waals surface area (Å²) in [6, 6.07) is 4.60. The van der Waals surface area contributed by atoms with E-state index in [2.05, 4.69) is 6.92 Å². The zero-order valence-electron chi connectivity index (χ0n) is 10.7. The molecule has 0 spiro atoms. The molecule has 18 heavy (non-hydrogen) atoms. The van der Waals surface area contributed by atoms with Crippen LogP contribution in [0, 0.1) is 0 Å². The maximum atomic E-state index is 11.8. The number of hydrogen-bond donors (Lipinski definition) is 2. The topological polar surface area (TPSA) is 66.8 Å². The molecule has 0 amide bonds. The van der Waals surface area contributed by atoms with Crippen LogP contribution in [0.25, 0.3) is 0 Å². The predicted octanol–water partition coefficient (Wildman–Crippen LogP) is 2.53. The Kier molecular flexibility index (Phi) is 6.22. The van der Waals surface area contributed by atoms with Crippen LogP contribution in [0.4, 0.5) is 0 Å². The molecule has 0 atom stereocenters. The van der Waals surface area contributed by atoms with Crippen molar-refractivity contribution in [2.45, 2.75) is 32.6 Å². The number of ketones is 1. The van der Waals surface area contributed by atoms with E-state index in [-0.39, 0.29) is 24.7 Å². The molecule has 0 aliphatic heterocycles. The normalized spacial score (nSPS) is 10.3. The number of aromatic hydroxyl groups is 1. The van der Waals surface area contributed by atoms with E-state index in [1.165, 1.54) is 6.07 Å². The molecule has 1 aromatic carbocycles. The van der Waals surface area contributed by atoms with E-state index >= 15 is 0 Å². The molecule has 0 radical (unpaired) electrons. The summed E-state index contributed by atoms with van der Waals surface area (Å²) in [7, 11) is 0. The molecule has 1 aromatic rings. The number of rotatable bonds is 8. The van der Waals surface area contributed by atoms with Gasteiger partial charge in [-0.05, 0) is 18.6 Å². The summed E-state index contributed by atoms with van der Waals surface area (Å²) in [5.41, 5.74) is 0.336. The monoisotopic (exact) mass is 252 g/mol. The van der Waals surface area contributed by atoms with Gasteiger partial charge in [0.05, 0.1) is 12.2 Å². The molecule has 2 N–H and O–H groups in total. The number of benzene rings is 1. The fraction of sp³-hybridized carbons (Fsp3) is 0.500. The summed E-state index contributed by atoms with van der Waals surface area (Å²) in [6.07, 6.45) is 3.38. The molecule has 0 fully saturated rings. The lowest BCUT2D eigenvalue weighted by Crippen LogP contribution is -2.03. The Balaban J connectivity index is 2.63. The van der Waals surface area contributed by atoms with Gasteiger partial charge in [-0.1, -0.05) is 19.8 Å². The minimum Gasteiger partial charge on any atom is -0.507 e. The highest BCUT2D eigenvalue weighted by molar-refractivity contribution is 5.98. The summed E-state index contributed by atoms with van der Waals surface area (Å²) < 4.78 is 5.15. The average Bonchev–Trinajstić information content (AvgIpc) is 2.36. The van der Waals surface area contributed by atoms with Crippen molar-refractivity contribution in [2.24, 2.45) is 0 Å². The van der Waals surface area contributed by atoms with E-state index in [9.17, 15) is 9.90 Å². The molecule has 0 saturated heterocycles. The first kappa shape index (κ1) is 14.5. The van der Waals surface area contributed by atoms with Gasteiger partial charge in [0, 0.05) is 12.5 Å². The zero-order valence-corrected chi connectivity index (χ0v) is 10.7. The maximum absolute atomic E-state index is 11.8. The number of hydrogen-bond acceptors (Lipinski definition) is 4. The highest BCUT2D eigenvalue weighted by Gasteiger charge is 2.11. The Morgan fingerprint density at radius 2 is 2.11 bits per heavy atom. The van der Waals surface area contributed by atoms with Crippen LogP contribution in [-0.2, 0) is 0 Å². The van der Waals surface area contributed by atoms with Crippen molar-refractivity contribution in [2.75, 3.05) is 13.2 Å². The number of phenolic OH excluding ortho intramolecular Hbond substituents is 1. The van der Waals surface area contributed by atoms with E-state index in [0.717, 1.165) is 19.3 Å². The van der Waals surface area contributed by atoms with Gasteiger partial charge < -0.3 is 14.9 Å². The molecule has 0 bridgehead atoms. The summed E-state index contributed by atoms with van der Waals surface area (Å²) in [5, 5.41) is 18.4. The number of carbonyl (C=O) groups excluding carboxylic acids is 1. The summed E-state index contributed by atoms with van der Waals surface area (Å²) in [6.45, 7) is 2.16. The van der Waals surface area contributed by atoms with Crippen molar-refractivity contribution in [1.29, 1.82) is 0 Å². The molecule has 0 unspecified atom stereocenters. The largest absolute Gasteiger partial charge is 0.507 e. The molecule has 1 rings (SSSR count). The van der Waals surface area contributed by atoms with Gasteiger partial charge in [0.2, 0.25) is 0 Å². The molecule has 0 aliphatic carbocycles. The fourth-order valence-corrected chi connectivity index (χ4v) is 1.67. The third-order valence-electron chi connectivity index (χ3n) is 2.64. The Morgan fingerprint density at radius 3 is 2.72 bits per heavy atom. The highest BCUT2D eigenvalue weighted by Crippen LogP contribution is 2.25. The van der Waals surface area contributed by atoms with Crippen molar-refractivity contribution < 1.29 is 19.7 Å². The number of aliphatic hydroxyl groups excluding tert-OH is 1. The smallest absolute Gasteiger partial charge is 0.166 e. The molecule has 0 saturated carbocycles. The van der Waals surface area contributed by atoms with Crippen molar-refractivity contribution in [3.63, 3.8) is 0 Å². The SMILES string of the molecule is CCCCCC(=O)c1ccc(OCCO)cc1O. The van der Waals surface area contributed by atoms with Crippen LogP contribution in [-0.4, -0.2) is 29.2 Å². The van der Waals surface area contributed by atoms with Crippen LogP contribution >= 0.6 is 0 Å². The van der Waals surface area contributed by atoms with E-state index in [4.69, 9.17) is 9.84 Å². The van der Waals surface area contributed by atoms with Crippen molar-refractivity contribution >= 4 is 5.78 Å². The minimum atomic E-state index is -0.0849. The molecule has 0 aromatic heterocycles. The van der Waals surface area contributed by atoms with Gasteiger partial charge in [-0.25, -0.2) is 0 Å². The number of unbranched alkanes of at least 4 members (excludes halogenated alkanes) is 2. The third kappa shape index (κ3) is 4.37. The van der Waals surface area contributed by atoms with Gasteiger partial charge in [-0.2, -0.15) is 0 Å². The third-order valence-corrected chi connectivity index (χ3v) is 2.64. The fourth-order valence-electron chi connectivity index (χ4n) is 1.67. The number of carbonyl (C=O) groups is 1. The molecule has 0 aliphatic rings. The second-order valence-electron chi connectivity index (χ2n) is 4.13. The van der Waals surface area contributed by atoms with E-state index in [1.807, 2.05) is 0 Å². The average molecular weight is 252 g/mol. The second-order valence-corrected chi connectivity index (χ2v) is 4.13. The maximum Gasteiger partial charge on any atom is 0.166 e. The Morgan fingerprint density at radius 1 is 1.33 bits per heavy atom. The lowest BCUT2D eigenvalue weighted by Gasteiger charge is -2.07. The Bertz CT molecular complexity index is 387. The quantitative estimate of drug-likeness (QED) is 0.551. The van der Waals surface area contributed by atoms with E-state index in [0.29, 0.717) is 17.7 Å². The van der Waals surface area contributed by atoms with Gasteiger partial charge in [-0.3, -0.25) is 4.79 Å². The number of phenols is 1. The highest BCUT2D eigenvalue weighted by atomic mass is 16.5. The molecular formula is C14H20O4. The van der Waals surface area contributed by atoms with Crippen LogP contribution < -0.4 is 4.74 Å². The molecule has 100 valence electrons. The second kappa shape index (κ2) is 7.71. The standard InChI is InChI=1S/C14H20O4/c1-2-3-4-5-13(16)12-7-6-11(10-14(12)17)18-9-8-15/h6-7,10,15,17H,2-5,8-9H2,1H3. The summed E-state index contributed by atoms with van der Waals surface area (Å²) in [4.78, 5) is 11.8. The van der Waals surface area contributed by atoms with Crippen molar-refractivity contribution in [3.05, 3.63) is 23.8 Å². The van der Waals surface area contributed by atoms with Crippen LogP contribution in [0.15, 0.2) is 18.2 Å². The van der Waals surface area contributed by atoms with Gasteiger partial charge >= 0.3 is 0 Å². The van der Waals surface area contributed by atoms with Crippen LogP contribution in [0.3, 0.4) is 0 Å². The van der Waals surface area contributed by atoms with Gasteiger partial charge in [0.15, 0.2) is 5.78 Å². The Hall–Kier alpha value is -1.55. The van der Waals surface area contributed by atoms with Crippen molar-refractivity contribution in [1.82, 2.24) is 0 Å². The minimum absolute atomic E-state index is 0.0466. The van der Waals surface area contributed by atoms with Gasteiger partial charge in [-0.15, -0.1) is 0 Å².